The molecule has 3 aromatic rings. The van der Waals surface area contributed by atoms with E-state index < -0.39 is 0 Å². The molecule has 0 atom stereocenters. The number of hydrogen-bond donors (Lipinski definition) is 1. The average Bonchev–Trinajstić information content (AvgIpc) is 2.94. The van der Waals surface area contributed by atoms with Gasteiger partial charge in [-0.05, 0) is 38.5 Å². The second kappa shape index (κ2) is 8.14. The van der Waals surface area contributed by atoms with Gasteiger partial charge in [0.05, 0.1) is 23.9 Å². The SMILES string of the molecule is CCn1c(SCC(=O)Nc2ccccc2OC)nc2sc(C)c(C)c2c1=O. The van der Waals surface area contributed by atoms with Gasteiger partial charge in [-0.25, -0.2) is 4.98 Å². The highest BCUT2D eigenvalue weighted by Gasteiger charge is 2.17. The monoisotopic (exact) mass is 403 g/mol. The number of nitrogens with zero attached hydrogens (tertiary/aromatic N) is 2. The quantitative estimate of drug-likeness (QED) is 0.500. The Morgan fingerprint density at radius 3 is 2.78 bits per heavy atom. The van der Waals surface area contributed by atoms with Gasteiger partial charge >= 0.3 is 0 Å². The predicted octanol–water partition coefficient (Wildman–Crippen LogP) is 3.83. The molecule has 8 heteroatoms. The van der Waals surface area contributed by atoms with Crippen LogP contribution in [0, 0.1) is 13.8 Å². The van der Waals surface area contributed by atoms with Gasteiger partial charge in [-0.1, -0.05) is 23.9 Å². The van der Waals surface area contributed by atoms with Crippen molar-refractivity contribution in [2.45, 2.75) is 32.5 Å². The molecule has 6 nitrogen and oxygen atoms in total. The highest BCUT2D eigenvalue weighted by atomic mass is 32.2. The number of aromatic nitrogens is 2. The van der Waals surface area contributed by atoms with Crippen LogP contribution in [0.15, 0.2) is 34.2 Å². The zero-order valence-corrected chi connectivity index (χ0v) is 17.3. The fourth-order valence-corrected chi connectivity index (χ4v) is 4.70. The number of hydrogen-bond acceptors (Lipinski definition) is 6. The van der Waals surface area contributed by atoms with Crippen molar-refractivity contribution >= 4 is 44.9 Å². The van der Waals surface area contributed by atoms with Gasteiger partial charge in [-0.2, -0.15) is 0 Å². The van der Waals surface area contributed by atoms with E-state index in [1.165, 1.54) is 23.1 Å². The molecule has 0 radical (unpaired) electrons. The molecule has 1 amide bonds. The summed E-state index contributed by atoms with van der Waals surface area (Å²) in [6, 6.07) is 7.24. The number of para-hydroxylation sites is 2. The summed E-state index contributed by atoms with van der Waals surface area (Å²) < 4.78 is 6.87. The number of methoxy groups -OCH3 is 1. The molecule has 0 aliphatic carbocycles. The number of amides is 1. The molecule has 2 aromatic heterocycles. The highest BCUT2D eigenvalue weighted by Crippen LogP contribution is 2.28. The van der Waals surface area contributed by atoms with Crippen molar-refractivity contribution in [2.24, 2.45) is 0 Å². The van der Waals surface area contributed by atoms with E-state index in [4.69, 9.17) is 4.74 Å². The number of rotatable bonds is 6. The van der Waals surface area contributed by atoms with E-state index in [1.54, 1.807) is 23.8 Å². The van der Waals surface area contributed by atoms with Crippen LogP contribution in [-0.2, 0) is 11.3 Å². The van der Waals surface area contributed by atoms with Crippen molar-refractivity contribution < 1.29 is 9.53 Å². The van der Waals surface area contributed by atoms with Crippen LogP contribution >= 0.6 is 23.1 Å². The van der Waals surface area contributed by atoms with Gasteiger partial charge in [0.25, 0.3) is 5.56 Å². The Balaban J connectivity index is 1.82. The molecular formula is C19H21N3O3S2. The van der Waals surface area contributed by atoms with Crippen molar-refractivity contribution in [1.29, 1.82) is 0 Å². The second-order valence-corrected chi connectivity index (χ2v) is 8.09. The third kappa shape index (κ3) is 3.86. The molecule has 0 spiro atoms. The summed E-state index contributed by atoms with van der Waals surface area (Å²) in [5.74, 6) is 0.574. The third-order valence-corrected chi connectivity index (χ3v) is 6.36. The maximum Gasteiger partial charge on any atom is 0.263 e. The Labute approximate surface area is 165 Å². The molecule has 2 heterocycles. The standard InChI is InChI=1S/C19H21N3O3S2/c1-5-22-18(24)16-11(2)12(3)27-17(16)21-19(22)26-10-15(23)20-13-8-6-7-9-14(13)25-4/h6-9H,5,10H2,1-4H3,(H,20,23). The molecule has 0 aliphatic rings. The lowest BCUT2D eigenvalue weighted by atomic mass is 10.2. The summed E-state index contributed by atoms with van der Waals surface area (Å²) in [6.07, 6.45) is 0. The summed E-state index contributed by atoms with van der Waals surface area (Å²) in [4.78, 5) is 31.7. The van der Waals surface area contributed by atoms with Crippen LogP contribution in [0.1, 0.15) is 17.4 Å². The fourth-order valence-electron chi connectivity index (χ4n) is 2.76. The van der Waals surface area contributed by atoms with E-state index in [1.807, 2.05) is 32.9 Å². The van der Waals surface area contributed by atoms with Gasteiger partial charge in [0.2, 0.25) is 5.91 Å². The Hall–Kier alpha value is -2.32. The summed E-state index contributed by atoms with van der Waals surface area (Å²) >= 11 is 2.78. The number of thioether (sulfide) groups is 1. The molecule has 1 N–H and O–H groups in total. The molecule has 3 rings (SSSR count). The van der Waals surface area contributed by atoms with Crippen LogP contribution in [-0.4, -0.2) is 28.3 Å². The van der Waals surface area contributed by atoms with Crippen LogP contribution < -0.4 is 15.6 Å². The molecule has 0 saturated heterocycles. The van der Waals surface area contributed by atoms with Gasteiger partial charge in [-0.3, -0.25) is 14.2 Å². The molecule has 142 valence electrons. The molecular weight excluding hydrogens is 382 g/mol. The van der Waals surface area contributed by atoms with Crippen molar-refractivity contribution in [1.82, 2.24) is 9.55 Å². The number of fused-ring (bicyclic) bond motifs is 1. The van der Waals surface area contributed by atoms with Crippen LogP contribution in [0.3, 0.4) is 0 Å². The second-order valence-electron chi connectivity index (χ2n) is 5.94. The number of anilines is 1. The first kappa shape index (κ1) is 19.4. The smallest absolute Gasteiger partial charge is 0.263 e. The normalized spacial score (nSPS) is 11.0. The topological polar surface area (TPSA) is 73.2 Å². The van der Waals surface area contributed by atoms with Crippen molar-refractivity contribution in [3.05, 3.63) is 45.1 Å². The van der Waals surface area contributed by atoms with Gasteiger partial charge in [-0.15, -0.1) is 11.3 Å². The van der Waals surface area contributed by atoms with E-state index in [0.29, 0.717) is 28.5 Å². The number of aryl methyl sites for hydroxylation is 2. The van der Waals surface area contributed by atoms with Crippen molar-refractivity contribution in [3.8, 4) is 5.75 Å². The van der Waals surface area contributed by atoms with Crippen LogP contribution in [0.25, 0.3) is 10.2 Å². The number of carbonyl (C=O) groups is 1. The first-order valence-electron chi connectivity index (χ1n) is 8.52. The lowest BCUT2D eigenvalue weighted by molar-refractivity contribution is -0.113. The molecule has 0 fully saturated rings. The molecule has 1 aromatic carbocycles. The Morgan fingerprint density at radius 2 is 2.07 bits per heavy atom. The number of ether oxygens (including phenoxy) is 1. The fraction of sp³-hybridized carbons (Fsp3) is 0.316. The lowest BCUT2D eigenvalue weighted by Crippen LogP contribution is -2.23. The zero-order valence-electron chi connectivity index (χ0n) is 15.7. The van der Waals surface area contributed by atoms with Crippen LogP contribution in [0.2, 0.25) is 0 Å². The largest absolute Gasteiger partial charge is 0.495 e. The van der Waals surface area contributed by atoms with Crippen molar-refractivity contribution in [3.63, 3.8) is 0 Å². The molecule has 0 bridgehead atoms. The Bertz CT molecular complexity index is 1060. The first-order chi connectivity index (χ1) is 13.0. The third-order valence-electron chi connectivity index (χ3n) is 4.28. The number of nitrogens with one attached hydrogen (secondary N) is 1. The van der Waals surface area contributed by atoms with E-state index >= 15 is 0 Å². The summed E-state index contributed by atoms with van der Waals surface area (Å²) in [5.41, 5.74) is 1.56. The minimum atomic E-state index is -0.181. The molecule has 0 unspecified atom stereocenters. The molecule has 0 aliphatic heterocycles. The average molecular weight is 404 g/mol. The Morgan fingerprint density at radius 1 is 1.33 bits per heavy atom. The predicted molar refractivity (Wildman–Crippen MR) is 111 cm³/mol. The van der Waals surface area contributed by atoms with Gasteiger partial charge in [0, 0.05) is 11.4 Å². The molecule has 27 heavy (non-hydrogen) atoms. The summed E-state index contributed by atoms with van der Waals surface area (Å²) in [6.45, 7) is 6.35. The van der Waals surface area contributed by atoms with Crippen LogP contribution in [0.5, 0.6) is 5.75 Å². The minimum absolute atomic E-state index is 0.0445. The van der Waals surface area contributed by atoms with E-state index in [0.717, 1.165) is 15.3 Å². The maximum absolute atomic E-state index is 12.8. The van der Waals surface area contributed by atoms with Crippen molar-refractivity contribution in [2.75, 3.05) is 18.2 Å². The summed E-state index contributed by atoms with van der Waals surface area (Å²) in [7, 11) is 1.56. The maximum atomic E-state index is 12.8. The lowest BCUT2D eigenvalue weighted by Gasteiger charge is -2.11. The number of carbonyl (C=O) groups excluding carboxylic acids is 1. The van der Waals surface area contributed by atoms with Crippen LogP contribution in [0.4, 0.5) is 5.69 Å². The van der Waals surface area contributed by atoms with E-state index in [9.17, 15) is 9.59 Å². The van der Waals surface area contributed by atoms with E-state index in [2.05, 4.69) is 10.3 Å². The number of thiophene rings is 1. The Kier molecular flexibility index (Phi) is 5.86. The summed E-state index contributed by atoms with van der Waals surface area (Å²) in [5, 5.41) is 4.08. The van der Waals surface area contributed by atoms with Gasteiger partial charge < -0.3 is 10.1 Å². The van der Waals surface area contributed by atoms with Gasteiger partial charge in [0.1, 0.15) is 10.6 Å². The first-order valence-corrected chi connectivity index (χ1v) is 10.3. The number of benzene rings is 1. The minimum Gasteiger partial charge on any atom is -0.495 e. The van der Waals surface area contributed by atoms with Gasteiger partial charge in [0.15, 0.2) is 5.16 Å². The van der Waals surface area contributed by atoms with E-state index in [-0.39, 0.29) is 17.2 Å². The zero-order chi connectivity index (χ0) is 19.6. The molecule has 0 saturated carbocycles. The highest BCUT2D eigenvalue weighted by molar-refractivity contribution is 7.99.